The van der Waals surface area contributed by atoms with Gasteiger partial charge in [-0.05, 0) is 30.0 Å². The van der Waals surface area contributed by atoms with E-state index in [0.717, 1.165) is 70.8 Å². The highest BCUT2D eigenvalue weighted by atomic mass is 32.2. The smallest absolute Gasteiger partial charge is 0.172 e. The fourth-order valence-electron chi connectivity index (χ4n) is 3.27. The van der Waals surface area contributed by atoms with Crippen LogP contribution in [-0.4, -0.2) is 51.1 Å². The van der Waals surface area contributed by atoms with E-state index in [2.05, 4.69) is 20.9 Å². The third kappa shape index (κ3) is 3.53. The molecule has 4 aromatic rings. The predicted octanol–water partition coefficient (Wildman–Crippen LogP) is 3.49. The first-order chi connectivity index (χ1) is 13.3. The highest BCUT2D eigenvalue weighted by Crippen LogP contribution is 2.31. The Morgan fingerprint density at radius 2 is 1.70 bits per heavy atom. The Labute approximate surface area is 161 Å². The minimum absolute atomic E-state index is 0.738. The number of imidazole rings is 1. The van der Waals surface area contributed by atoms with Gasteiger partial charge >= 0.3 is 0 Å². The molecule has 0 radical (unpaired) electrons. The first kappa shape index (κ1) is 16.7. The minimum atomic E-state index is 0.738. The largest absolute Gasteiger partial charge is 0.379 e. The molecule has 3 heterocycles. The molecule has 0 atom stereocenters. The first-order valence-corrected chi connectivity index (χ1v) is 9.85. The summed E-state index contributed by atoms with van der Waals surface area (Å²) < 4.78 is 5.44. The van der Waals surface area contributed by atoms with Crippen molar-refractivity contribution >= 4 is 33.7 Å². The lowest BCUT2D eigenvalue weighted by atomic mass is 10.2. The molecule has 1 aliphatic rings. The van der Waals surface area contributed by atoms with Crippen LogP contribution in [0.2, 0.25) is 0 Å². The molecule has 0 amide bonds. The standard InChI is InChI=1S/C20H19N5OS/c1-2-6-15-14(5-1)19(24-18(21-15)13-25-9-11-26-12-10-25)27-20-22-16-7-3-4-8-17(16)23-20/h1-8H,9-13H2,(H,22,23). The minimum Gasteiger partial charge on any atom is -0.379 e. The molecule has 6 nitrogen and oxygen atoms in total. The van der Waals surface area contributed by atoms with Gasteiger partial charge in [0.1, 0.15) is 10.9 Å². The molecule has 1 fully saturated rings. The lowest BCUT2D eigenvalue weighted by Crippen LogP contribution is -2.36. The molecule has 0 unspecified atom stereocenters. The maximum atomic E-state index is 5.44. The molecular formula is C20H19N5OS. The number of aromatic nitrogens is 4. The van der Waals surface area contributed by atoms with Gasteiger partial charge in [0.15, 0.2) is 5.16 Å². The third-order valence-electron chi connectivity index (χ3n) is 4.64. The van der Waals surface area contributed by atoms with Crippen molar-refractivity contribution in [3.05, 3.63) is 54.4 Å². The van der Waals surface area contributed by atoms with Crippen LogP contribution in [0.15, 0.2) is 58.7 Å². The zero-order valence-corrected chi connectivity index (χ0v) is 15.6. The summed E-state index contributed by atoms with van der Waals surface area (Å²) in [7, 11) is 0. The van der Waals surface area contributed by atoms with Crippen LogP contribution in [0.1, 0.15) is 5.82 Å². The van der Waals surface area contributed by atoms with Crippen molar-refractivity contribution < 1.29 is 4.74 Å². The molecule has 1 aliphatic heterocycles. The van der Waals surface area contributed by atoms with Gasteiger partial charge in [-0.2, -0.15) is 0 Å². The van der Waals surface area contributed by atoms with Crippen LogP contribution in [0.25, 0.3) is 21.9 Å². The van der Waals surface area contributed by atoms with E-state index < -0.39 is 0 Å². The number of hydrogen-bond acceptors (Lipinski definition) is 6. The van der Waals surface area contributed by atoms with Gasteiger partial charge < -0.3 is 9.72 Å². The van der Waals surface area contributed by atoms with Gasteiger partial charge in [-0.1, -0.05) is 30.3 Å². The van der Waals surface area contributed by atoms with E-state index in [1.165, 1.54) is 0 Å². The zero-order chi connectivity index (χ0) is 18.1. The van der Waals surface area contributed by atoms with Crippen LogP contribution in [0.4, 0.5) is 0 Å². The number of nitrogens with zero attached hydrogens (tertiary/aromatic N) is 4. The molecule has 136 valence electrons. The lowest BCUT2D eigenvalue weighted by Gasteiger charge is -2.25. The quantitative estimate of drug-likeness (QED) is 0.549. The number of ether oxygens (including phenoxy) is 1. The van der Waals surface area contributed by atoms with Gasteiger partial charge in [0, 0.05) is 18.5 Å². The average Bonchev–Trinajstić information content (AvgIpc) is 3.11. The van der Waals surface area contributed by atoms with E-state index in [4.69, 9.17) is 14.7 Å². The Hall–Kier alpha value is -2.48. The summed E-state index contributed by atoms with van der Waals surface area (Å²) in [6.07, 6.45) is 0. The SMILES string of the molecule is c1ccc2[nH]c(Sc3nc(CN4CCOCC4)nc4ccccc34)nc2c1. The number of para-hydroxylation sites is 3. The normalized spacial score (nSPS) is 15.6. The number of aromatic amines is 1. The molecule has 0 spiro atoms. The fourth-order valence-corrected chi connectivity index (χ4v) is 4.19. The van der Waals surface area contributed by atoms with Gasteiger partial charge in [-0.3, -0.25) is 4.90 Å². The van der Waals surface area contributed by atoms with Crippen LogP contribution < -0.4 is 0 Å². The molecule has 1 N–H and O–H groups in total. The van der Waals surface area contributed by atoms with E-state index in [-0.39, 0.29) is 0 Å². The summed E-state index contributed by atoms with van der Waals surface area (Å²) in [5.41, 5.74) is 2.97. The van der Waals surface area contributed by atoms with E-state index in [1.54, 1.807) is 11.8 Å². The Kier molecular flexibility index (Phi) is 4.49. The molecule has 2 aromatic carbocycles. The van der Waals surface area contributed by atoms with E-state index in [0.29, 0.717) is 0 Å². The topological polar surface area (TPSA) is 66.9 Å². The summed E-state index contributed by atoms with van der Waals surface area (Å²) >= 11 is 1.56. The molecule has 2 aromatic heterocycles. The van der Waals surface area contributed by atoms with Crippen LogP contribution in [0.3, 0.4) is 0 Å². The van der Waals surface area contributed by atoms with Crippen LogP contribution in [0, 0.1) is 0 Å². The summed E-state index contributed by atoms with van der Waals surface area (Å²) in [6, 6.07) is 16.2. The Bertz CT molecular complexity index is 1060. The summed E-state index contributed by atoms with van der Waals surface area (Å²) in [5.74, 6) is 0.842. The zero-order valence-electron chi connectivity index (χ0n) is 14.8. The Morgan fingerprint density at radius 1 is 0.926 bits per heavy atom. The maximum absolute atomic E-state index is 5.44. The van der Waals surface area contributed by atoms with Gasteiger partial charge in [0.25, 0.3) is 0 Å². The van der Waals surface area contributed by atoms with Crippen LogP contribution >= 0.6 is 11.8 Å². The van der Waals surface area contributed by atoms with Crippen molar-refractivity contribution in [2.45, 2.75) is 16.7 Å². The number of benzene rings is 2. The van der Waals surface area contributed by atoms with Gasteiger partial charge in [0.2, 0.25) is 0 Å². The second-order valence-corrected chi connectivity index (χ2v) is 7.49. The average molecular weight is 377 g/mol. The molecule has 27 heavy (non-hydrogen) atoms. The summed E-state index contributed by atoms with van der Waals surface area (Å²) in [4.78, 5) is 20.0. The van der Waals surface area contributed by atoms with Gasteiger partial charge in [-0.15, -0.1) is 0 Å². The molecule has 0 aliphatic carbocycles. The van der Waals surface area contributed by atoms with Gasteiger partial charge in [-0.25, -0.2) is 15.0 Å². The monoisotopic (exact) mass is 377 g/mol. The highest BCUT2D eigenvalue weighted by molar-refractivity contribution is 7.99. The maximum Gasteiger partial charge on any atom is 0.172 e. The predicted molar refractivity (Wildman–Crippen MR) is 106 cm³/mol. The Morgan fingerprint density at radius 3 is 2.56 bits per heavy atom. The van der Waals surface area contributed by atoms with E-state index in [1.807, 2.05) is 42.5 Å². The molecule has 7 heteroatoms. The number of nitrogens with one attached hydrogen (secondary N) is 1. The number of morpholine rings is 1. The molecule has 0 bridgehead atoms. The van der Waals surface area contributed by atoms with Crippen LogP contribution in [0.5, 0.6) is 0 Å². The van der Waals surface area contributed by atoms with E-state index >= 15 is 0 Å². The number of fused-ring (bicyclic) bond motifs is 2. The second-order valence-electron chi connectivity index (χ2n) is 6.51. The molecule has 5 rings (SSSR count). The first-order valence-electron chi connectivity index (χ1n) is 9.03. The molecule has 0 saturated carbocycles. The molecular weight excluding hydrogens is 358 g/mol. The summed E-state index contributed by atoms with van der Waals surface area (Å²) in [6.45, 7) is 4.12. The highest BCUT2D eigenvalue weighted by Gasteiger charge is 2.16. The number of rotatable bonds is 4. The molecule has 1 saturated heterocycles. The third-order valence-corrected chi connectivity index (χ3v) is 5.54. The lowest BCUT2D eigenvalue weighted by molar-refractivity contribution is 0.0330. The van der Waals surface area contributed by atoms with Gasteiger partial charge in [0.05, 0.1) is 36.3 Å². The van der Waals surface area contributed by atoms with Crippen molar-refractivity contribution in [3.8, 4) is 0 Å². The van der Waals surface area contributed by atoms with E-state index in [9.17, 15) is 0 Å². The van der Waals surface area contributed by atoms with Crippen molar-refractivity contribution in [2.75, 3.05) is 26.3 Å². The Balaban J connectivity index is 1.51. The number of H-pyrrole nitrogens is 1. The number of hydrogen-bond donors (Lipinski definition) is 1. The van der Waals surface area contributed by atoms with Crippen molar-refractivity contribution in [1.82, 2.24) is 24.8 Å². The second kappa shape index (κ2) is 7.26. The van der Waals surface area contributed by atoms with Crippen LogP contribution in [-0.2, 0) is 11.3 Å². The fraction of sp³-hybridized carbons (Fsp3) is 0.250. The summed E-state index contributed by atoms with van der Waals surface area (Å²) in [5, 5.41) is 2.83. The van der Waals surface area contributed by atoms with Crippen molar-refractivity contribution in [1.29, 1.82) is 0 Å². The van der Waals surface area contributed by atoms with Crippen molar-refractivity contribution in [2.24, 2.45) is 0 Å². The van der Waals surface area contributed by atoms with Crippen molar-refractivity contribution in [3.63, 3.8) is 0 Å².